The molecule has 2 atom stereocenters. The Kier molecular flexibility index (Phi) is 6.14. The van der Waals surface area contributed by atoms with Crippen LogP contribution >= 0.6 is 23.1 Å². The van der Waals surface area contributed by atoms with Gasteiger partial charge in [-0.15, -0.1) is 23.1 Å². The van der Waals surface area contributed by atoms with Crippen molar-refractivity contribution in [2.75, 3.05) is 18.6 Å². The van der Waals surface area contributed by atoms with Crippen molar-refractivity contribution in [2.24, 2.45) is 5.16 Å². The van der Waals surface area contributed by atoms with Crippen molar-refractivity contribution < 1.29 is 28.9 Å². The summed E-state index contributed by atoms with van der Waals surface area (Å²) in [6.07, 6.45) is 5.76. The first-order valence-corrected chi connectivity index (χ1v) is 12.7. The van der Waals surface area contributed by atoms with E-state index in [0.717, 1.165) is 22.5 Å². The summed E-state index contributed by atoms with van der Waals surface area (Å²) in [7, 11) is 1.29. The van der Waals surface area contributed by atoms with Crippen LogP contribution in [0.1, 0.15) is 11.3 Å². The number of amides is 2. The molecule has 36 heavy (non-hydrogen) atoms. The molecule has 0 aromatic carbocycles. The van der Waals surface area contributed by atoms with Crippen LogP contribution in [0.4, 0.5) is 5.13 Å². The molecule has 0 aliphatic carbocycles. The van der Waals surface area contributed by atoms with Crippen LogP contribution in [0.15, 0.2) is 52.5 Å². The van der Waals surface area contributed by atoms with Gasteiger partial charge in [-0.2, -0.15) is 0 Å². The highest BCUT2D eigenvalue weighted by atomic mass is 32.2. The van der Waals surface area contributed by atoms with Crippen LogP contribution in [0.2, 0.25) is 0 Å². The fourth-order valence-electron chi connectivity index (χ4n) is 4.26. The van der Waals surface area contributed by atoms with Crippen LogP contribution in [0, 0.1) is 6.92 Å². The zero-order valence-electron chi connectivity index (χ0n) is 19.2. The number of anilines is 1. The second-order valence-corrected chi connectivity index (χ2v) is 10.2. The van der Waals surface area contributed by atoms with Crippen LogP contribution < -0.4 is 15.6 Å². The smallest absolute Gasteiger partial charge is 0.352 e. The summed E-state index contributed by atoms with van der Waals surface area (Å²) in [6, 6.07) is 3.03. The third-order valence-corrected chi connectivity index (χ3v) is 7.88. The highest BCUT2D eigenvalue weighted by Crippen LogP contribution is 2.40. The second kappa shape index (κ2) is 9.28. The van der Waals surface area contributed by atoms with E-state index in [1.54, 1.807) is 5.38 Å². The van der Waals surface area contributed by atoms with Crippen molar-refractivity contribution in [3.05, 3.63) is 58.6 Å². The Morgan fingerprint density at radius 1 is 1.42 bits per heavy atom. The topological polar surface area (TPSA) is 156 Å². The molecule has 186 valence electrons. The molecule has 14 heteroatoms. The Balaban J connectivity index is 1.37. The predicted molar refractivity (Wildman–Crippen MR) is 132 cm³/mol. The Bertz CT molecular complexity index is 1460. The molecule has 2 aliphatic heterocycles. The number of aromatic nitrogens is 3. The molecule has 1 saturated heterocycles. The van der Waals surface area contributed by atoms with E-state index in [1.807, 2.05) is 46.6 Å². The zero-order valence-corrected chi connectivity index (χ0v) is 20.9. The molecule has 2 amide bonds. The minimum atomic E-state index is -1.19. The number of nitrogen functional groups attached to an aromatic ring is 1. The van der Waals surface area contributed by atoms with Gasteiger partial charge in [0, 0.05) is 22.8 Å². The summed E-state index contributed by atoms with van der Waals surface area (Å²) < 4.78 is 3.90. The first kappa shape index (κ1) is 23.8. The molecule has 2 aliphatic rings. The van der Waals surface area contributed by atoms with E-state index in [0.29, 0.717) is 17.9 Å². The number of aryl methyl sites for hydroxylation is 1. The van der Waals surface area contributed by atoms with E-state index < -0.39 is 29.2 Å². The Morgan fingerprint density at radius 3 is 2.92 bits per heavy atom. The van der Waals surface area contributed by atoms with E-state index in [9.17, 15) is 19.5 Å². The first-order chi connectivity index (χ1) is 17.3. The van der Waals surface area contributed by atoms with E-state index in [-0.39, 0.29) is 22.2 Å². The van der Waals surface area contributed by atoms with Crippen LogP contribution in [0.3, 0.4) is 0 Å². The summed E-state index contributed by atoms with van der Waals surface area (Å²) in [4.78, 5) is 48.2. The van der Waals surface area contributed by atoms with Gasteiger partial charge in [0.15, 0.2) is 10.8 Å². The minimum absolute atomic E-state index is 0.0498. The molecule has 5 rings (SSSR count). The fraction of sp³-hybridized carbons (Fsp3) is 0.273. The number of nitrogens with two attached hydrogens (primary N) is 1. The number of rotatable bonds is 7. The summed E-state index contributed by atoms with van der Waals surface area (Å²) in [6.45, 7) is 2.31. The Labute approximate surface area is 213 Å². The summed E-state index contributed by atoms with van der Waals surface area (Å²) in [5, 5.41) is 17.6. The maximum atomic E-state index is 13.1. The number of thioether (sulfide) groups is 1. The van der Waals surface area contributed by atoms with Gasteiger partial charge in [-0.05, 0) is 18.6 Å². The zero-order chi connectivity index (χ0) is 25.6. The van der Waals surface area contributed by atoms with Crippen molar-refractivity contribution in [1.82, 2.24) is 19.6 Å². The lowest BCUT2D eigenvalue weighted by atomic mass is 10.0. The van der Waals surface area contributed by atoms with E-state index >= 15 is 0 Å². The molecule has 1 fully saturated rings. The van der Waals surface area contributed by atoms with Crippen LogP contribution in [0.25, 0.3) is 5.65 Å². The van der Waals surface area contributed by atoms with Crippen LogP contribution in [0.5, 0.6) is 0 Å². The quantitative estimate of drug-likeness (QED) is 0.172. The van der Waals surface area contributed by atoms with Crippen molar-refractivity contribution in [3.8, 4) is 0 Å². The number of β-lactam (4-membered cyclic amide) rings is 1. The second-order valence-electron chi connectivity index (χ2n) is 8.21. The van der Waals surface area contributed by atoms with Crippen LogP contribution in [-0.4, -0.2) is 67.2 Å². The summed E-state index contributed by atoms with van der Waals surface area (Å²) >= 11 is 2.53. The number of carbonyl (C=O) groups excluding carboxylic acids is 2. The third kappa shape index (κ3) is 4.07. The van der Waals surface area contributed by atoms with Crippen molar-refractivity contribution in [2.45, 2.75) is 24.9 Å². The van der Waals surface area contributed by atoms with Crippen molar-refractivity contribution in [3.63, 3.8) is 0 Å². The van der Waals surface area contributed by atoms with Crippen molar-refractivity contribution >= 4 is 57.4 Å². The molecule has 3 aromatic rings. The maximum Gasteiger partial charge on any atom is 0.352 e. The number of nitrogens with zero attached hydrogens (tertiary/aromatic N) is 5. The molecule has 0 unspecified atom stereocenters. The first-order valence-electron chi connectivity index (χ1n) is 10.8. The van der Waals surface area contributed by atoms with Gasteiger partial charge in [-0.3, -0.25) is 14.5 Å². The highest BCUT2D eigenvalue weighted by Gasteiger charge is 2.54. The molecular weight excluding hydrogens is 506 g/mol. The van der Waals surface area contributed by atoms with Crippen LogP contribution in [-0.2, 0) is 25.8 Å². The lowest BCUT2D eigenvalue weighted by Gasteiger charge is -2.49. The average Bonchev–Trinajstić information content (AvgIpc) is 3.45. The number of carbonyl (C=O) groups is 3. The summed E-state index contributed by atoms with van der Waals surface area (Å²) in [5.74, 6) is -1.97. The number of oxime groups is 1. The summed E-state index contributed by atoms with van der Waals surface area (Å²) in [5.41, 5.74) is 8.31. The molecule has 0 spiro atoms. The molecule has 4 N–H and O–H groups in total. The normalized spacial score (nSPS) is 19.8. The standard InChI is InChI=1S/C22H21N7O5S2/c1-11-3-4-14-27(7-11)5-6-28(14)8-12-9-35-20-16(19(31)29(20)17(12)21(32)33)25-18(30)15(26-34-2)13-10-36-22(23)24-13/h3-7,10,16,20H,8-9H2,1-2H3,(H3-,23,24,25,30,32,33)/p+1/b26-15-/t16-,20+/m1/s1. The lowest BCUT2D eigenvalue weighted by molar-refractivity contribution is -0.662. The van der Waals surface area contributed by atoms with E-state index in [4.69, 9.17) is 10.6 Å². The number of hydrogen-bond acceptors (Lipinski definition) is 9. The molecule has 12 nitrogen and oxygen atoms in total. The number of thiazole rings is 1. The van der Waals surface area contributed by atoms with Gasteiger partial charge in [0.1, 0.15) is 48.9 Å². The molecule has 5 heterocycles. The monoisotopic (exact) mass is 528 g/mol. The van der Waals surface area contributed by atoms with Gasteiger partial charge < -0.3 is 21.0 Å². The number of fused-ring (bicyclic) bond motifs is 2. The Morgan fingerprint density at radius 2 is 2.22 bits per heavy atom. The Hall–Kier alpha value is -3.91. The average molecular weight is 529 g/mol. The number of carboxylic acids is 1. The van der Waals surface area contributed by atoms with Gasteiger partial charge in [0.25, 0.3) is 17.5 Å². The lowest BCUT2D eigenvalue weighted by Crippen LogP contribution is -2.71. The number of carboxylic acid groups (broad SMARTS) is 1. The fourth-order valence-corrected chi connectivity index (χ4v) is 6.14. The predicted octanol–water partition coefficient (Wildman–Crippen LogP) is 0.363. The number of aliphatic carboxylic acids is 1. The number of nitrogens with one attached hydrogen (secondary N) is 1. The third-order valence-electron chi connectivity index (χ3n) is 5.86. The molecule has 3 aromatic heterocycles. The maximum absolute atomic E-state index is 13.1. The highest BCUT2D eigenvalue weighted by molar-refractivity contribution is 8.00. The number of pyridine rings is 1. The largest absolute Gasteiger partial charge is 0.477 e. The molecular formula is C22H22N7O5S2+. The molecule has 0 radical (unpaired) electrons. The van der Waals surface area contributed by atoms with Crippen molar-refractivity contribution in [1.29, 1.82) is 0 Å². The van der Waals surface area contributed by atoms with Gasteiger partial charge >= 0.3 is 5.97 Å². The number of hydrogen-bond donors (Lipinski definition) is 3. The minimum Gasteiger partial charge on any atom is -0.477 e. The molecule has 0 bridgehead atoms. The number of imidazole rings is 1. The van der Waals surface area contributed by atoms with Gasteiger partial charge in [0.05, 0.1) is 6.20 Å². The van der Waals surface area contributed by atoms with Gasteiger partial charge in [-0.25, -0.2) is 18.7 Å². The van der Waals surface area contributed by atoms with Gasteiger partial charge in [-0.1, -0.05) is 5.16 Å². The SMILES string of the molecule is CO/N=C(\C(=O)N[C@@H]1C(=O)N2C(C(=O)O)=C(C[n+]3ccn4cc(C)ccc43)CS[C@@H]12)c1csc(N)n1. The van der Waals surface area contributed by atoms with Gasteiger partial charge in [0.2, 0.25) is 0 Å². The van der Waals surface area contributed by atoms with E-state index in [1.165, 1.54) is 23.8 Å². The molecule has 0 saturated carbocycles. The van der Waals surface area contributed by atoms with E-state index in [2.05, 4.69) is 15.5 Å².